The number of urea groups is 1. The van der Waals surface area contributed by atoms with Crippen molar-refractivity contribution >= 4 is 23.5 Å². The number of hydrogen-bond acceptors (Lipinski definition) is 3. The summed E-state index contributed by atoms with van der Waals surface area (Å²) >= 11 is 1.91. The van der Waals surface area contributed by atoms with Crippen molar-refractivity contribution in [2.75, 3.05) is 50.1 Å². The molecule has 0 saturated carbocycles. The van der Waals surface area contributed by atoms with Crippen LogP contribution in [0.25, 0.3) is 0 Å². The van der Waals surface area contributed by atoms with Crippen LogP contribution >= 0.6 is 11.8 Å². The molecule has 1 aliphatic rings. The van der Waals surface area contributed by atoms with Crippen molar-refractivity contribution < 1.29 is 4.79 Å². The highest BCUT2D eigenvalue weighted by Gasteiger charge is 2.15. The molecule has 110 valence electrons. The quantitative estimate of drug-likeness (QED) is 0.923. The van der Waals surface area contributed by atoms with Gasteiger partial charge in [-0.05, 0) is 24.1 Å². The summed E-state index contributed by atoms with van der Waals surface area (Å²) in [5.41, 5.74) is 2.45. The lowest BCUT2D eigenvalue weighted by molar-refractivity contribution is 0.203. The molecule has 0 radical (unpaired) electrons. The van der Waals surface area contributed by atoms with Gasteiger partial charge < -0.3 is 15.1 Å². The largest absolute Gasteiger partial charge is 0.378 e. The number of carbonyl (C=O) groups excluding carboxylic acids is 1. The van der Waals surface area contributed by atoms with E-state index >= 15 is 0 Å². The van der Waals surface area contributed by atoms with Gasteiger partial charge in [0, 0.05) is 50.9 Å². The zero-order valence-electron chi connectivity index (χ0n) is 12.3. The van der Waals surface area contributed by atoms with Crippen molar-refractivity contribution in [3.05, 3.63) is 29.8 Å². The predicted molar refractivity (Wildman–Crippen MR) is 86.8 cm³/mol. The van der Waals surface area contributed by atoms with Crippen LogP contribution in [-0.2, 0) is 6.42 Å². The lowest BCUT2D eigenvalue weighted by Gasteiger charge is -2.26. The maximum Gasteiger partial charge on any atom is 0.317 e. The van der Waals surface area contributed by atoms with Crippen LogP contribution in [-0.4, -0.2) is 56.2 Å². The molecule has 4 nitrogen and oxygen atoms in total. The van der Waals surface area contributed by atoms with Gasteiger partial charge >= 0.3 is 6.03 Å². The second kappa shape index (κ2) is 7.43. The second-order valence-electron chi connectivity index (χ2n) is 5.14. The Balaban J connectivity index is 1.73. The van der Waals surface area contributed by atoms with Gasteiger partial charge in [0.25, 0.3) is 0 Å². The molecule has 20 heavy (non-hydrogen) atoms. The van der Waals surface area contributed by atoms with E-state index in [0.717, 1.165) is 31.0 Å². The number of amides is 2. The number of anilines is 1. The van der Waals surface area contributed by atoms with Crippen LogP contribution in [0.1, 0.15) is 5.56 Å². The lowest BCUT2D eigenvalue weighted by Crippen LogP contribution is -2.44. The van der Waals surface area contributed by atoms with E-state index in [1.807, 2.05) is 30.8 Å². The SMILES string of the molecule is CN(C)c1ccc(CCNC(=O)N2CCSCC2)cc1. The molecular weight excluding hydrogens is 270 g/mol. The summed E-state index contributed by atoms with van der Waals surface area (Å²) in [5, 5.41) is 3.01. The number of nitrogens with one attached hydrogen (secondary N) is 1. The molecule has 1 N–H and O–H groups in total. The molecule has 1 saturated heterocycles. The van der Waals surface area contributed by atoms with Crippen LogP contribution in [0.15, 0.2) is 24.3 Å². The predicted octanol–water partition coefficient (Wildman–Crippen LogP) is 2.05. The molecule has 0 bridgehead atoms. The summed E-state index contributed by atoms with van der Waals surface area (Å²) in [6, 6.07) is 8.55. The molecule has 2 amide bonds. The van der Waals surface area contributed by atoms with Gasteiger partial charge in [0.15, 0.2) is 0 Å². The highest BCUT2D eigenvalue weighted by Crippen LogP contribution is 2.12. The van der Waals surface area contributed by atoms with Crippen LogP contribution < -0.4 is 10.2 Å². The third kappa shape index (κ3) is 4.34. The summed E-state index contributed by atoms with van der Waals surface area (Å²) < 4.78 is 0. The Morgan fingerprint density at radius 2 is 1.90 bits per heavy atom. The standard InChI is InChI=1S/C15H23N3OS/c1-17(2)14-5-3-13(4-6-14)7-8-16-15(19)18-9-11-20-12-10-18/h3-6H,7-12H2,1-2H3,(H,16,19). The van der Waals surface area contributed by atoms with E-state index in [-0.39, 0.29) is 6.03 Å². The molecule has 5 heteroatoms. The van der Waals surface area contributed by atoms with Crippen LogP contribution in [0, 0.1) is 0 Å². The van der Waals surface area contributed by atoms with Gasteiger partial charge in [0.05, 0.1) is 0 Å². The maximum atomic E-state index is 11.9. The third-order valence-electron chi connectivity index (χ3n) is 3.44. The summed E-state index contributed by atoms with van der Waals surface area (Å²) in [4.78, 5) is 15.9. The maximum absolute atomic E-state index is 11.9. The van der Waals surface area contributed by atoms with Gasteiger partial charge in [-0.2, -0.15) is 11.8 Å². The minimum Gasteiger partial charge on any atom is -0.378 e. The minimum atomic E-state index is 0.0789. The molecule has 0 aromatic heterocycles. The summed E-state index contributed by atoms with van der Waals surface area (Å²) in [7, 11) is 4.07. The Kier molecular flexibility index (Phi) is 5.59. The highest BCUT2D eigenvalue weighted by atomic mass is 32.2. The van der Waals surface area contributed by atoms with E-state index < -0.39 is 0 Å². The molecule has 0 aliphatic carbocycles. The van der Waals surface area contributed by atoms with Crippen LogP contribution in [0.5, 0.6) is 0 Å². The van der Waals surface area contributed by atoms with Crippen molar-refractivity contribution in [2.24, 2.45) is 0 Å². The first-order valence-corrected chi connectivity index (χ1v) is 8.19. The molecule has 0 atom stereocenters. The van der Waals surface area contributed by atoms with Crippen molar-refractivity contribution in [1.82, 2.24) is 10.2 Å². The Morgan fingerprint density at radius 3 is 2.50 bits per heavy atom. The van der Waals surface area contributed by atoms with Gasteiger partial charge in [-0.15, -0.1) is 0 Å². The molecule has 1 aromatic carbocycles. The number of carbonyl (C=O) groups is 1. The van der Waals surface area contributed by atoms with Crippen LogP contribution in [0.3, 0.4) is 0 Å². The number of hydrogen-bond donors (Lipinski definition) is 1. The molecule has 1 fully saturated rings. The average Bonchev–Trinajstić information content (AvgIpc) is 2.48. The fourth-order valence-corrected chi connectivity index (χ4v) is 3.06. The van der Waals surface area contributed by atoms with E-state index in [2.05, 4.69) is 34.5 Å². The minimum absolute atomic E-state index is 0.0789. The van der Waals surface area contributed by atoms with Gasteiger partial charge in [-0.1, -0.05) is 12.1 Å². The first kappa shape index (κ1) is 15.0. The van der Waals surface area contributed by atoms with Crippen molar-refractivity contribution in [3.8, 4) is 0 Å². The number of nitrogens with zero attached hydrogens (tertiary/aromatic N) is 2. The molecule has 1 aliphatic heterocycles. The van der Waals surface area contributed by atoms with E-state index in [1.165, 1.54) is 11.3 Å². The van der Waals surface area contributed by atoms with E-state index in [1.54, 1.807) is 0 Å². The number of thioether (sulfide) groups is 1. The Labute approximate surface area is 125 Å². The van der Waals surface area contributed by atoms with E-state index in [4.69, 9.17) is 0 Å². The fourth-order valence-electron chi connectivity index (χ4n) is 2.15. The molecule has 1 aromatic rings. The zero-order valence-corrected chi connectivity index (χ0v) is 13.1. The molecule has 0 spiro atoms. The van der Waals surface area contributed by atoms with Gasteiger partial charge in [0.1, 0.15) is 0 Å². The Hall–Kier alpha value is -1.36. The Morgan fingerprint density at radius 1 is 1.25 bits per heavy atom. The molecular formula is C15H23N3OS. The van der Waals surface area contributed by atoms with Crippen molar-refractivity contribution in [2.45, 2.75) is 6.42 Å². The zero-order chi connectivity index (χ0) is 14.4. The van der Waals surface area contributed by atoms with E-state index in [9.17, 15) is 4.79 Å². The third-order valence-corrected chi connectivity index (χ3v) is 4.38. The topological polar surface area (TPSA) is 35.6 Å². The van der Waals surface area contributed by atoms with Crippen LogP contribution in [0.2, 0.25) is 0 Å². The summed E-state index contributed by atoms with van der Waals surface area (Å²) in [6.07, 6.45) is 0.877. The lowest BCUT2D eigenvalue weighted by atomic mass is 10.1. The van der Waals surface area contributed by atoms with Gasteiger partial charge in [-0.25, -0.2) is 4.79 Å². The first-order valence-electron chi connectivity index (χ1n) is 7.03. The normalized spacial score (nSPS) is 15.0. The molecule has 2 rings (SSSR count). The Bertz CT molecular complexity index is 427. The summed E-state index contributed by atoms with van der Waals surface area (Å²) in [5.74, 6) is 2.11. The highest BCUT2D eigenvalue weighted by molar-refractivity contribution is 7.99. The van der Waals surface area contributed by atoms with E-state index in [0.29, 0.717) is 6.54 Å². The first-order chi connectivity index (χ1) is 9.66. The summed E-state index contributed by atoms with van der Waals surface area (Å²) in [6.45, 7) is 2.44. The van der Waals surface area contributed by atoms with Crippen molar-refractivity contribution in [3.63, 3.8) is 0 Å². The monoisotopic (exact) mass is 293 g/mol. The number of rotatable bonds is 4. The average molecular weight is 293 g/mol. The second-order valence-corrected chi connectivity index (χ2v) is 6.37. The van der Waals surface area contributed by atoms with Crippen LogP contribution in [0.4, 0.5) is 10.5 Å². The van der Waals surface area contributed by atoms with Gasteiger partial charge in [-0.3, -0.25) is 0 Å². The fraction of sp³-hybridized carbons (Fsp3) is 0.533. The smallest absolute Gasteiger partial charge is 0.317 e. The molecule has 0 unspecified atom stereocenters. The van der Waals surface area contributed by atoms with Crippen molar-refractivity contribution in [1.29, 1.82) is 0 Å². The molecule has 1 heterocycles. The van der Waals surface area contributed by atoms with Gasteiger partial charge in [0.2, 0.25) is 0 Å². The number of benzene rings is 1.